The topological polar surface area (TPSA) is 83.7 Å². The lowest BCUT2D eigenvalue weighted by Crippen LogP contribution is -2.26. The van der Waals surface area contributed by atoms with Gasteiger partial charge in [-0.25, -0.2) is 8.78 Å². The van der Waals surface area contributed by atoms with E-state index in [1.54, 1.807) is 0 Å². The second kappa shape index (κ2) is 4.88. The Morgan fingerprint density at radius 2 is 2.05 bits per heavy atom. The second-order valence-corrected chi connectivity index (χ2v) is 4.27. The van der Waals surface area contributed by atoms with Crippen molar-refractivity contribution in [2.24, 2.45) is 5.92 Å². The first kappa shape index (κ1) is 13.3. The first-order chi connectivity index (χ1) is 8.93. The van der Waals surface area contributed by atoms with Crippen LogP contribution in [0.15, 0.2) is 12.1 Å². The largest absolute Gasteiger partial charge is 0.396 e. The third-order valence-electron chi connectivity index (χ3n) is 2.97. The quantitative estimate of drug-likeness (QED) is 0.662. The van der Waals surface area contributed by atoms with Crippen molar-refractivity contribution >= 4 is 17.3 Å². The van der Waals surface area contributed by atoms with E-state index in [1.807, 2.05) is 0 Å². The number of aliphatic hydroxyl groups is 1. The summed E-state index contributed by atoms with van der Waals surface area (Å²) in [5.41, 5.74) is -0.962. The van der Waals surface area contributed by atoms with Gasteiger partial charge in [-0.1, -0.05) is 0 Å². The molecular weight excluding hydrogens is 262 g/mol. The maximum Gasteiger partial charge on any atom is 0.296 e. The van der Waals surface area contributed by atoms with Crippen molar-refractivity contribution in [3.8, 4) is 0 Å². The van der Waals surface area contributed by atoms with Gasteiger partial charge in [-0.3, -0.25) is 14.9 Å². The van der Waals surface area contributed by atoms with Gasteiger partial charge in [0, 0.05) is 31.6 Å². The summed E-state index contributed by atoms with van der Waals surface area (Å²) in [6, 6.07) is 1.08. The molecule has 0 radical (unpaired) electrons. The molecule has 1 fully saturated rings. The van der Waals surface area contributed by atoms with Crippen LogP contribution in [0.4, 0.5) is 20.2 Å². The number of nitro groups is 1. The van der Waals surface area contributed by atoms with Crippen LogP contribution in [-0.4, -0.2) is 29.1 Å². The van der Waals surface area contributed by atoms with Gasteiger partial charge in [0.15, 0.2) is 11.6 Å². The standard InChI is InChI=1S/C11H10F2N2O4/c12-7-2-9(10(15(18)19)3-8(7)13)14-4-6(5-16)1-11(14)17/h2-3,6,16H,1,4-5H2. The first-order valence-corrected chi connectivity index (χ1v) is 5.48. The maximum atomic E-state index is 13.2. The molecule has 0 aliphatic carbocycles. The van der Waals surface area contributed by atoms with Gasteiger partial charge in [-0.2, -0.15) is 0 Å². The highest BCUT2D eigenvalue weighted by Crippen LogP contribution is 2.34. The van der Waals surface area contributed by atoms with Crippen molar-refractivity contribution in [3.05, 3.63) is 33.9 Å². The zero-order chi connectivity index (χ0) is 14.2. The minimum absolute atomic E-state index is 0.0205. The van der Waals surface area contributed by atoms with Crippen molar-refractivity contribution in [1.29, 1.82) is 0 Å². The highest BCUT2D eigenvalue weighted by atomic mass is 19.2. The maximum absolute atomic E-state index is 13.2. The Balaban J connectivity index is 2.47. The minimum atomic E-state index is -1.35. The summed E-state index contributed by atoms with van der Waals surface area (Å²) in [4.78, 5) is 22.6. The third-order valence-corrected chi connectivity index (χ3v) is 2.97. The van der Waals surface area contributed by atoms with Gasteiger partial charge in [0.1, 0.15) is 5.69 Å². The average Bonchev–Trinajstić information content (AvgIpc) is 2.73. The molecule has 102 valence electrons. The summed E-state index contributed by atoms with van der Waals surface area (Å²) in [5, 5.41) is 19.8. The van der Waals surface area contributed by atoms with E-state index in [4.69, 9.17) is 5.11 Å². The Morgan fingerprint density at radius 1 is 1.42 bits per heavy atom. The van der Waals surface area contributed by atoms with E-state index >= 15 is 0 Å². The monoisotopic (exact) mass is 272 g/mol. The number of carbonyl (C=O) groups is 1. The number of halogens is 2. The van der Waals surface area contributed by atoms with Crippen molar-refractivity contribution in [2.45, 2.75) is 6.42 Å². The number of nitro benzene ring substituents is 1. The molecular formula is C11H10F2N2O4. The Labute approximate surface area is 106 Å². The molecule has 1 heterocycles. The molecule has 1 aliphatic heterocycles. The van der Waals surface area contributed by atoms with Crippen LogP contribution >= 0.6 is 0 Å². The number of carbonyl (C=O) groups excluding carboxylic acids is 1. The number of amides is 1. The number of hydrogen-bond acceptors (Lipinski definition) is 4. The molecule has 0 bridgehead atoms. The molecule has 2 rings (SSSR count). The zero-order valence-corrected chi connectivity index (χ0v) is 9.68. The van der Waals surface area contributed by atoms with E-state index in [9.17, 15) is 23.7 Å². The number of hydrogen-bond donors (Lipinski definition) is 1. The van der Waals surface area contributed by atoms with E-state index < -0.39 is 28.2 Å². The highest BCUT2D eigenvalue weighted by Gasteiger charge is 2.34. The van der Waals surface area contributed by atoms with Crippen LogP contribution in [0.25, 0.3) is 0 Å². The van der Waals surface area contributed by atoms with Gasteiger partial charge in [0.05, 0.1) is 11.0 Å². The SMILES string of the molecule is O=C1CC(CO)CN1c1cc(F)c(F)cc1[N+](=O)[O-]. The second-order valence-electron chi connectivity index (χ2n) is 4.27. The number of rotatable bonds is 3. The summed E-state index contributed by atoms with van der Waals surface area (Å²) in [5.74, 6) is -3.44. The van der Waals surface area contributed by atoms with Crippen molar-refractivity contribution in [3.63, 3.8) is 0 Å². The van der Waals surface area contributed by atoms with Gasteiger partial charge < -0.3 is 10.0 Å². The molecule has 6 nitrogen and oxygen atoms in total. The van der Waals surface area contributed by atoms with Gasteiger partial charge in [0.2, 0.25) is 5.91 Å². The fraction of sp³-hybridized carbons (Fsp3) is 0.364. The summed E-state index contributed by atoms with van der Waals surface area (Å²) in [7, 11) is 0. The van der Waals surface area contributed by atoms with Crippen molar-refractivity contribution < 1.29 is 23.6 Å². The lowest BCUT2D eigenvalue weighted by atomic mass is 10.1. The normalized spacial score (nSPS) is 19.0. The molecule has 1 aliphatic rings. The molecule has 1 saturated heterocycles. The van der Waals surface area contributed by atoms with Gasteiger partial charge in [-0.15, -0.1) is 0 Å². The molecule has 1 atom stereocenters. The van der Waals surface area contributed by atoms with E-state index in [-0.39, 0.29) is 31.2 Å². The Bertz CT molecular complexity index is 550. The van der Waals surface area contributed by atoms with Gasteiger partial charge >= 0.3 is 0 Å². The fourth-order valence-corrected chi connectivity index (χ4v) is 2.02. The van der Waals surface area contributed by atoms with Crippen LogP contribution in [0.3, 0.4) is 0 Å². The minimum Gasteiger partial charge on any atom is -0.396 e. The van der Waals surface area contributed by atoms with E-state index in [0.29, 0.717) is 12.1 Å². The van der Waals surface area contributed by atoms with Crippen molar-refractivity contribution in [1.82, 2.24) is 0 Å². The summed E-state index contributed by atoms with van der Waals surface area (Å²) in [6.45, 7) is -0.207. The van der Waals surface area contributed by atoms with E-state index in [0.717, 1.165) is 4.90 Å². The number of anilines is 1. The molecule has 0 spiro atoms. The molecule has 1 unspecified atom stereocenters. The molecule has 0 aromatic heterocycles. The number of benzene rings is 1. The fourth-order valence-electron chi connectivity index (χ4n) is 2.02. The molecule has 1 aromatic carbocycles. The predicted molar refractivity (Wildman–Crippen MR) is 60.6 cm³/mol. The molecule has 0 saturated carbocycles. The molecule has 1 aromatic rings. The van der Waals surface area contributed by atoms with Crippen LogP contribution in [0.1, 0.15) is 6.42 Å². The molecule has 8 heteroatoms. The zero-order valence-electron chi connectivity index (χ0n) is 9.68. The average molecular weight is 272 g/mol. The number of aliphatic hydroxyl groups excluding tert-OH is 1. The number of nitrogens with zero attached hydrogens (tertiary/aromatic N) is 2. The van der Waals surface area contributed by atoms with Crippen LogP contribution in [0, 0.1) is 27.7 Å². The lowest BCUT2D eigenvalue weighted by molar-refractivity contribution is -0.384. The van der Waals surface area contributed by atoms with Crippen LogP contribution < -0.4 is 4.90 Å². The smallest absolute Gasteiger partial charge is 0.296 e. The molecule has 19 heavy (non-hydrogen) atoms. The first-order valence-electron chi connectivity index (χ1n) is 5.48. The Morgan fingerprint density at radius 3 is 2.58 bits per heavy atom. The molecule has 1 amide bonds. The summed E-state index contributed by atoms with van der Waals surface area (Å²) in [6.07, 6.45) is 0.0205. The van der Waals surface area contributed by atoms with E-state index in [2.05, 4.69) is 0 Å². The Hall–Kier alpha value is -2.09. The Kier molecular flexibility index (Phi) is 3.43. The lowest BCUT2D eigenvalue weighted by Gasteiger charge is -2.16. The highest BCUT2D eigenvalue weighted by molar-refractivity contribution is 5.97. The predicted octanol–water partition coefficient (Wildman–Crippen LogP) is 1.22. The van der Waals surface area contributed by atoms with Gasteiger partial charge in [0.25, 0.3) is 5.69 Å². The van der Waals surface area contributed by atoms with Crippen molar-refractivity contribution in [2.75, 3.05) is 18.1 Å². The molecule has 1 N–H and O–H groups in total. The van der Waals surface area contributed by atoms with Crippen LogP contribution in [0.5, 0.6) is 0 Å². The summed E-state index contributed by atoms with van der Waals surface area (Å²) < 4.78 is 26.2. The van der Waals surface area contributed by atoms with E-state index in [1.165, 1.54) is 0 Å². The van der Waals surface area contributed by atoms with Crippen LogP contribution in [-0.2, 0) is 4.79 Å². The van der Waals surface area contributed by atoms with Gasteiger partial charge in [-0.05, 0) is 0 Å². The summed E-state index contributed by atoms with van der Waals surface area (Å²) >= 11 is 0. The third kappa shape index (κ3) is 2.39. The van der Waals surface area contributed by atoms with Crippen LogP contribution in [0.2, 0.25) is 0 Å².